The first kappa shape index (κ1) is 13.2. The standard InChI is InChI=1S/C13H7N3O4/c14-8-9-4-6-10(7-5-9)13-11(15(17)18)2-1-3-12(13)16(19)20/h1-7H. The lowest BCUT2D eigenvalue weighted by atomic mass is 10.0. The molecule has 0 amide bonds. The number of nitro groups is 2. The molecule has 0 N–H and O–H groups in total. The molecule has 0 aromatic heterocycles. The largest absolute Gasteiger partial charge is 0.284 e. The van der Waals surface area contributed by atoms with E-state index >= 15 is 0 Å². The van der Waals surface area contributed by atoms with Gasteiger partial charge >= 0.3 is 0 Å². The second kappa shape index (κ2) is 5.16. The lowest BCUT2D eigenvalue weighted by Crippen LogP contribution is -1.97. The third kappa shape index (κ3) is 2.30. The minimum atomic E-state index is -0.666. The van der Waals surface area contributed by atoms with Gasteiger partial charge in [0.05, 0.1) is 21.5 Å². The second-order valence-corrected chi connectivity index (χ2v) is 3.87. The van der Waals surface area contributed by atoms with E-state index in [0.29, 0.717) is 11.1 Å². The van der Waals surface area contributed by atoms with Crippen LogP contribution in [0.3, 0.4) is 0 Å². The number of rotatable bonds is 3. The van der Waals surface area contributed by atoms with Crippen LogP contribution >= 0.6 is 0 Å². The highest BCUT2D eigenvalue weighted by Gasteiger charge is 2.25. The zero-order valence-electron chi connectivity index (χ0n) is 10.0. The fourth-order valence-electron chi connectivity index (χ4n) is 1.84. The SMILES string of the molecule is N#Cc1ccc(-c2c([N+](=O)[O-])cccc2[N+](=O)[O-])cc1. The molecule has 20 heavy (non-hydrogen) atoms. The highest BCUT2D eigenvalue weighted by Crippen LogP contribution is 2.37. The Hall–Kier alpha value is -3.27. The first-order chi connectivity index (χ1) is 9.54. The molecule has 2 rings (SSSR count). The van der Waals surface area contributed by atoms with Gasteiger partial charge in [-0.15, -0.1) is 0 Å². The van der Waals surface area contributed by atoms with E-state index in [4.69, 9.17) is 5.26 Å². The van der Waals surface area contributed by atoms with Gasteiger partial charge in [0.25, 0.3) is 11.4 Å². The number of hydrogen-bond donors (Lipinski definition) is 0. The van der Waals surface area contributed by atoms with Crippen LogP contribution in [0, 0.1) is 31.6 Å². The average molecular weight is 269 g/mol. The molecule has 98 valence electrons. The molecule has 0 heterocycles. The predicted molar refractivity (Wildman–Crippen MR) is 69.9 cm³/mol. The van der Waals surface area contributed by atoms with Crippen LogP contribution in [0.2, 0.25) is 0 Å². The van der Waals surface area contributed by atoms with Crippen LogP contribution in [-0.4, -0.2) is 9.85 Å². The Labute approximate surface area is 113 Å². The van der Waals surface area contributed by atoms with Crippen molar-refractivity contribution in [2.45, 2.75) is 0 Å². The van der Waals surface area contributed by atoms with Crippen LogP contribution in [0.1, 0.15) is 5.56 Å². The molecule has 0 saturated heterocycles. The van der Waals surface area contributed by atoms with Crippen LogP contribution in [0.5, 0.6) is 0 Å². The van der Waals surface area contributed by atoms with Crippen LogP contribution in [0.15, 0.2) is 42.5 Å². The van der Waals surface area contributed by atoms with E-state index in [0.717, 1.165) is 0 Å². The second-order valence-electron chi connectivity index (χ2n) is 3.87. The van der Waals surface area contributed by atoms with Gasteiger partial charge in [0.2, 0.25) is 0 Å². The summed E-state index contributed by atoms with van der Waals surface area (Å²) in [6.07, 6.45) is 0. The van der Waals surface area contributed by atoms with E-state index < -0.39 is 9.85 Å². The third-order valence-electron chi connectivity index (χ3n) is 2.72. The highest BCUT2D eigenvalue weighted by atomic mass is 16.6. The smallest absolute Gasteiger partial charge is 0.258 e. The van der Waals surface area contributed by atoms with Crippen molar-refractivity contribution in [1.82, 2.24) is 0 Å². The number of nitro benzene ring substituents is 2. The van der Waals surface area contributed by atoms with Gasteiger partial charge < -0.3 is 0 Å². The molecule has 7 heteroatoms. The summed E-state index contributed by atoms with van der Waals surface area (Å²) in [5, 5.41) is 30.8. The number of hydrogen-bond acceptors (Lipinski definition) is 5. The fraction of sp³-hybridized carbons (Fsp3) is 0. The van der Waals surface area contributed by atoms with Gasteiger partial charge in [-0.2, -0.15) is 5.26 Å². The van der Waals surface area contributed by atoms with Gasteiger partial charge in [-0.1, -0.05) is 12.1 Å². The normalized spacial score (nSPS) is 9.75. The first-order valence-corrected chi connectivity index (χ1v) is 5.47. The van der Waals surface area contributed by atoms with E-state index in [1.54, 1.807) is 0 Å². The Morgan fingerprint density at radius 1 is 0.900 bits per heavy atom. The van der Waals surface area contributed by atoms with Crippen molar-refractivity contribution < 1.29 is 9.85 Å². The van der Waals surface area contributed by atoms with E-state index in [-0.39, 0.29) is 16.9 Å². The molecule has 0 bridgehead atoms. The summed E-state index contributed by atoms with van der Waals surface area (Å²) in [6, 6.07) is 11.4. The summed E-state index contributed by atoms with van der Waals surface area (Å²) >= 11 is 0. The number of benzene rings is 2. The molecule has 0 aliphatic carbocycles. The molecule has 0 aliphatic rings. The Kier molecular flexibility index (Phi) is 3.39. The first-order valence-electron chi connectivity index (χ1n) is 5.47. The molecule has 0 radical (unpaired) electrons. The lowest BCUT2D eigenvalue weighted by molar-refractivity contribution is -0.392. The fourth-order valence-corrected chi connectivity index (χ4v) is 1.84. The molecule has 0 atom stereocenters. The van der Waals surface area contributed by atoms with Gasteiger partial charge in [0, 0.05) is 12.1 Å². The maximum atomic E-state index is 11.0. The molecular formula is C13H7N3O4. The molecule has 0 saturated carbocycles. The summed E-state index contributed by atoms with van der Waals surface area (Å²) in [6.45, 7) is 0. The summed E-state index contributed by atoms with van der Waals surface area (Å²) in [5.74, 6) is 0. The molecule has 2 aromatic carbocycles. The zero-order valence-corrected chi connectivity index (χ0v) is 10.0. The van der Waals surface area contributed by atoms with Crippen LogP contribution < -0.4 is 0 Å². The van der Waals surface area contributed by atoms with E-state index in [2.05, 4.69) is 0 Å². The topological polar surface area (TPSA) is 110 Å². The summed E-state index contributed by atoms with van der Waals surface area (Å²) < 4.78 is 0. The van der Waals surface area contributed by atoms with Gasteiger partial charge in [-0.3, -0.25) is 20.2 Å². The monoisotopic (exact) mass is 269 g/mol. The van der Waals surface area contributed by atoms with Crippen LogP contribution in [-0.2, 0) is 0 Å². The number of nitrogens with zero attached hydrogens (tertiary/aromatic N) is 3. The third-order valence-corrected chi connectivity index (χ3v) is 2.72. The zero-order chi connectivity index (χ0) is 14.7. The minimum Gasteiger partial charge on any atom is -0.258 e. The molecule has 0 spiro atoms. The van der Waals surface area contributed by atoms with Gasteiger partial charge in [0.1, 0.15) is 5.56 Å². The molecule has 0 unspecified atom stereocenters. The van der Waals surface area contributed by atoms with Gasteiger partial charge in [-0.05, 0) is 23.8 Å². The summed E-state index contributed by atoms with van der Waals surface area (Å²) in [7, 11) is 0. The Morgan fingerprint density at radius 2 is 1.40 bits per heavy atom. The number of nitriles is 1. The van der Waals surface area contributed by atoms with Crippen molar-refractivity contribution in [3.05, 3.63) is 68.3 Å². The Morgan fingerprint density at radius 3 is 1.80 bits per heavy atom. The van der Waals surface area contributed by atoms with Crippen molar-refractivity contribution in [3.63, 3.8) is 0 Å². The molecule has 2 aromatic rings. The van der Waals surface area contributed by atoms with Crippen LogP contribution in [0.25, 0.3) is 11.1 Å². The maximum absolute atomic E-state index is 11.0. The van der Waals surface area contributed by atoms with Crippen LogP contribution in [0.4, 0.5) is 11.4 Å². The minimum absolute atomic E-state index is 0.0630. The summed E-state index contributed by atoms with van der Waals surface area (Å²) in [5.41, 5.74) is -0.0576. The lowest BCUT2D eigenvalue weighted by Gasteiger charge is -2.04. The average Bonchev–Trinajstić information content (AvgIpc) is 2.46. The van der Waals surface area contributed by atoms with Gasteiger partial charge in [0.15, 0.2) is 0 Å². The van der Waals surface area contributed by atoms with E-state index in [1.807, 2.05) is 6.07 Å². The van der Waals surface area contributed by atoms with Crippen molar-refractivity contribution in [1.29, 1.82) is 5.26 Å². The predicted octanol–water partition coefficient (Wildman–Crippen LogP) is 3.04. The molecule has 0 fully saturated rings. The molecule has 7 nitrogen and oxygen atoms in total. The maximum Gasteiger partial charge on any atom is 0.284 e. The van der Waals surface area contributed by atoms with E-state index in [9.17, 15) is 20.2 Å². The molecule has 0 aliphatic heterocycles. The van der Waals surface area contributed by atoms with Gasteiger partial charge in [-0.25, -0.2) is 0 Å². The molecular weight excluding hydrogens is 262 g/mol. The highest BCUT2D eigenvalue weighted by molar-refractivity contribution is 5.82. The quantitative estimate of drug-likeness (QED) is 0.628. The van der Waals surface area contributed by atoms with Crippen molar-refractivity contribution in [2.24, 2.45) is 0 Å². The van der Waals surface area contributed by atoms with E-state index in [1.165, 1.54) is 42.5 Å². The van der Waals surface area contributed by atoms with Crippen molar-refractivity contribution >= 4 is 11.4 Å². The Balaban J connectivity index is 2.72. The Bertz CT molecular complexity index is 700. The van der Waals surface area contributed by atoms with Crippen molar-refractivity contribution in [3.8, 4) is 17.2 Å². The van der Waals surface area contributed by atoms with Crippen molar-refractivity contribution in [2.75, 3.05) is 0 Å². The summed E-state index contributed by atoms with van der Waals surface area (Å²) in [4.78, 5) is 20.7.